The molecule has 2 aromatic rings. The Labute approximate surface area is 151 Å². The molecule has 26 heavy (non-hydrogen) atoms. The normalized spacial score (nSPS) is 12.0. The molecule has 0 fully saturated rings. The lowest BCUT2D eigenvalue weighted by molar-refractivity contribution is -0.904. The quantitative estimate of drug-likeness (QED) is 0.719. The maximum Gasteiger partial charge on any atom is 0.414 e. The molecule has 0 aliphatic rings. The second-order valence-electron chi connectivity index (χ2n) is 6.00. The molecule has 1 aromatic carbocycles. The number of hydrogen-bond donors (Lipinski definition) is 2. The average molecular weight is 361 g/mol. The summed E-state index contributed by atoms with van der Waals surface area (Å²) in [6.07, 6.45) is 0.107. The third kappa shape index (κ3) is 5.16. The van der Waals surface area contributed by atoms with Gasteiger partial charge in [0.25, 0.3) is 5.91 Å². The number of amides is 2. The van der Waals surface area contributed by atoms with Gasteiger partial charge < -0.3 is 14.1 Å². The molecule has 1 aromatic heterocycles. The van der Waals surface area contributed by atoms with E-state index in [0.29, 0.717) is 18.7 Å². The molecular weight excluding hydrogens is 336 g/mol. The standard InChI is InChI=1S/C19H24N2O5/c1-4-13-7-8-15-14(10-18(23)26-16(15)9-13)11-21(5-2)12-17(22)20-19(24)25-6-3/h7-10H,4-6,11-12H2,1-3H3,(H,20,22,24)/p+1. The zero-order valence-electron chi connectivity index (χ0n) is 15.4. The van der Waals surface area contributed by atoms with Crippen LogP contribution in [0.4, 0.5) is 4.79 Å². The second kappa shape index (κ2) is 9.15. The van der Waals surface area contributed by atoms with Gasteiger partial charge in [0.1, 0.15) is 12.1 Å². The Morgan fingerprint density at radius 1 is 1.19 bits per heavy atom. The largest absolute Gasteiger partial charge is 0.450 e. The minimum absolute atomic E-state index is 0.101. The predicted molar refractivity (Wildman–Crippen MR) is 97.1 cm³/mol. The van der Waals surface area contributed by atoms with Gasteiger partial charge in [-0.15, -0.1) is 0 Å². The van der Waals surface area contributed by atoms with Crippen molar-refractivity contribution in [3.8, 4) is 0 Å². The number of imide groups is 1. The molecule has 1 atom stereocenters. The third-order valence-corrected chi connectivity index (χ3v) is 4.17. The van der Waals surface area contributed by atoms with Gasteiger partial charge in [0.15, 0.2) is 6.54 Å². The molecule has 0 saturated carbocycles. The summed E-state index contributed by atoms with van der Waals surface area (Å²) in [6.45, 7) is 7.08. The fourth-order valence-corrected chi connectivity index (χ4v) is 2.77. The fourth-order valence-electron chi connectivity index (χ4n) is 2.77. The van der Waals surface area contributed by atoms with Gasteiger partial charge in [-0.05, 0) is 31.9 Å². The number of carbonyl (C=O) groups excluding carboxylic acids is 2. The number of likely N-dealkylation sites (N-methyl/N-ethyl adjacent to an activating group) is 1. The van der Waals surface area contributed by atoms with Crippen molar-refractivity contribution < 1.29 is 23.6 Å². The van der Waals surface area contributed by atoms with Crippen LogP contribution in [-0.2, 0) is 22.5 Å². The van der Waals surface area contributed by atoms with Gasteiger partial charge in [0, 0.05) is 17.0 Å². The Kier molecular flexibility index (Phi) is 6.91. The van der Waals surface area contributed by atoms with Crippen LogP contribution < -0.4 is 15.8 Å². The van der Waals surface area contributed by atoms with Crippen LogP contribution in [0.5, 0.6) is 0 Å². The van der Waals surface area contributed by atoms with E-state index in [2.05, 4.69) is 5.32 Å². The molecule has 1 heterocycles. The Bertz CT molecular complexity index is 843. The highest BCUT2D eigenvalue weighted by Gasteiger charge is 2.18. The van der Waals surface area contributed by atoms with Crippen molar-refractivity contribution in [3.63, 3.8) is 0 Å². The van der Waals surface area contributed by atoms with Crippen LogP contribution in [0, 0.1) is 0 Å². The van der Waals surface area contributed by atoms with E-state index in [-0.39, 0.29) is 13.2 Å². The summed E-state index contributed by atoms with van der Waals surface area (Å²) < 4.78 is 10.0. The topological polar surface area (TPSA) is 90.0 Å². The van der Waals surface area contributed by atoms with Crippen LogP contribution in [-0.4, -0.2) is 31.7 Å². The van der Waals surface area contributed by atoms with Crippen LogP contribution in [0.25, 0.3) is 11.0 Å². The van der Waals surface area contributed by atoms with Gasteiger partial charge in [0.05, 0.1) is 13.2 Å². The smallest absolute Gasteiger partial charge is 0.414 e. The number of hydrogen-bond acceptors (Lipinski definition) is 5. The van der Waals surface area contributed by atoms with Crippen molar-refractivity contribution in [3.05, 3.63) is 45.8 Å². The van der Waals surface area contributed by atoms with Crippen LogP contribution in [0.1, 0.15) is 31.9 Å². The second-order valence-corrected chi connectivity index (χ2v) is 6.00. The number of quaternary nitrogens is 1. The number of benzene rings is 1. The molecule has 0 spiro atoms. The zero-order chi connectivity index (χ0) is 19.1. The lowest BCUT2D eigenvalue weighted by Gasteiger charge is -2.17. The summed E-state index contributed by atoms with van der Waals surface area (Å²) in [5, 5.41) is 3.05. The summed E-state index contributed by atoms with van der Waals surface area (Å²) in [4.78, 5) is 36.1. The van der Waals surface area contributed by atoms with Crippen molar-refractivity contribution in [1.29, 1.82) is 0 Å². The Morgan fingerprint density at radius 2 is 1.96 bits per heavy atom. The van der Waals surface area contributed by atoms with Crippen molar-refractivity contribution in [1.82, 2.24) is 5.32 Å². The number of carbonyl (C=O) groups is 2. The number of alkyl carbamates (subject to hydrolysis) is 1. The first-order valence-corrected chi connectivity index (χ1v) is 8.82. The molecule has 0 aliphatic carbocycles. The molecular formula is C19H25N2O5+. The van der Waals surface area contributed by atoms with Gasteiger partial charge >= 0.3 is 11.7 Å². The van der Waals surface area contributed by atoms with Crippen LogP contribution in [0.2, 0.25) is 0 Å². The van der Waals surface area contributed by atoms with Crippen LogP contribution in [0.3, 0.4) is 0 Å². The first-order chi connectivity index (χ1) is 12.5. The van der Waals surface area contributed by atoms with Crippen molar-refractivity contribution in [2.45, 2.75) is 33.7 Å². The van der Waals surface area contributed by atoms with E-state index in [1.165, 1.54) is 6.07 Å². The third-order valence-electron chi connectivity index (χ3n) is 4.17. The van der Waals surface area contributed by atoms with Crippen LogP contribution >= 0.6 is 0 Å². The number of aryl methyl sites for hydroxylation is 1. The minimum Gasteiger partial charge on any atom is -0.450 e. The summed E-state index contributed by atoms with van der Waals surface area (Å²) in [5.74, 6) is -0.416. The lowest BCUT2D eigenvalue weighted by Crippen LogP contribution is -3.11. The molecule has 7 heteroatoms. The molecule has 2 amide bonds. The Hall–Kier alpha value is -2.67. The SMILES string of the molecule is CCOC(=O)NC(=O)C[NH+](CC)Cc1cc(=O)oc2cc(CC)ccc12. The molecule has 140 valence electrons. The highest BCUT2D eigenvalue weighted by atomic mass is 16.5. The molecule has 1 unspecified atom stereocenters. The van der Waals surface area contributed by atoms with Gasteiger partial charge in [-0.2, -0.15) is 0 Å². The zero-order valence-corrected chi connectivity index (χ0v) is 15.4. The molecule has 0 saturated heterocycles. The number of fused-ring (bicyclic) bond motifs is 1. The molecule has 7 nitrogen and oxygen atoms in total. The maximum atomic E-state index is 12.0. The van der Waals surface area contributed by atoms with Gasteiger partial charge in [-0.3, -0.25) is 10.1 Å². The van der Waals surface area contributed by atoms with E-state index in [4.69, 9.17) is 9.15 Å². The van der Waals surface area contributed by atoms with E-state index in [0.717, 1.165) is 27.8 Å². The maximum absolute atomic E-state index is 12.0. The minimum atomic E-state index is -0.745. The first-order valence-electron chi connectivity index (χ1n) is 8.82. The highest BCUT2D eigenvalue weighted by molar-refractivity contribution is 5.92. The molecule has 0 aliphatic heterocycles. The van der Waals surface area contributed by atoms with E-state index < -0.39 is 17.6 Å². The van der Waals surface area contributed by atoms with Gasteiger partial charge in [-0.1, -0.05) is 19.1 Å². The first kappa shape index (κ1) is 19.7. The summed E-state index contributed by atoms with van der Waals surface area (Å²) >= 11 is 0. The highest BCUT2D eigenvalue weighted by Crippen LogP contribution is 2.18. The van der Waals surface area contributed by atoms with E-state index in [1.807, 2.05) is 32.0 Å². The molecule has 0 bridgehead atoms. The van der Waals surface area contributed by atoms with Gasteiger partial charge in [0.2, 0.25) is 0 Å². The van der Waals surface area contributed by atoms with Gasteiger partial charge in [-0.25, -0.2) is 9.59 Å². The van der Waals surface area contributed by atoms with Crippen molar-refractivity contribution in [2.75, 3.05) is 19.7 Å². The molecule has 2 N–H and O–H groups in total. The average Bonchev–Trinajstić information content (AvgIpc) is 2.60. The monoisotopic (exact) mass is 361 g/mol. The van der Waals surface area contributed by atoms with E-state index >= 15 is 0 Å². The molecule has 0 radical (unpaired) electrons. The molecule has 2 rings (SSSR count). The fraction of sp³-hybridized carbons (Fsp3) is 0.421. The Balaban J connectivity index is 2.18. The lowest BCUT2D eigenvalue weighted by atomic mass is 10.1. The van der Waals surface area contributed by atoms with Crippen molar-refractivity contribution >= 4 is 23.0 Å². The number of ether oxygens (including phenoxy) is 1. The summed E-state index contributed by atoms with van der Waals surface area (Å²) in [6, 6.07) is 7.29. The van der Waals surface area contributed by atoms with Crippen LogP contribution in [0.15, 0.2) is 33.5 Å². The van der Waals surface area contributed by atoms with E-state index in [1.54, 1.807) is 6.92 Å². The van der Waals surface area contributed by atoms with E-state index in [9.17, 15) is 14.4 Å². The Morgan fingerprint density at radius 3 is 2.62 bits per heavy atom. The summed E-state index contributed by atoms with van der Waals surface area (Å²) in [7, 11) is 0. The number of rotatable bonds is 7. The van der Waals surface area contributed by atoms with Crippen molar-refractivity contribution in [2.24, 2.45) is 0 Å². The predicted octanol–water partition coefficient (Wildman–Crippen LogP) is 1.03. The number of nitrogens with one attached hydrogen (secondary N) is 2. The summed E-state index contributed by atoms with van der Waals surface area (Å²) in [5.41, 5.74) is 2.05.